The number of nitrogens with zero attached hydrogens (tertiary/aromatic N) is 3. The van der Waals surface area contributed by atoms with E-state index in [2.05, 4.69) is 10.3 Å². The third-order valence-corrected chi connectivity index (χ3v) is 3.44. The molecule has 3 heterocycles. The Balaban J connectivity index is 1.54. The van der Waals surface area contributed by atoms with Crippen LogP contribution in [0.3, 0.4) is 0 Å². The Morgan fingerprint density at radius 1 is 1.30 bits per heavy atom. The fourth-order valence-electron chi connectivity index (χ4n) is 2.17. The minimum Gasteiger partial charge on any atom is -0.395 e. The van der Waals surface area contributed by atoms with E-state index < -0.39 is 16.7 Å². The highest BCUT2D eigenvalue weighted by molar-refractivity contribution is 5.97. The molecule has 2 amide bonds. The van der Waals surface area contributed by atoms with E-state index in [-0.39, 0.29) is 30.7 Å². The lowest BCUT2D eigenvalue weighted by molar-refractivity contribution is -0.402. The van der Waals surface area contributed by atoms with Crippen LogP contribution in [-0.2, 0) is 4.79 Å². The van der Waals surface area contributed by atoms with Crippen molar-refractivity contribution in [1.82, 2.24) is 9.88 Å². The number of nitrogens with one attached hydrogen (secondary N) is 1. The molecule has 0 saturated carbocycles. The first-order valence-electron chi connectivity index (χ1n) is 6.80. The molecule has 0 aliphatic carbocycles. The number of nitro groups is 1. The topological polar surface area (TPSA) is 119 Å². The molecule has 0 spiro atoms. The third-order valence-electron chi connectivity index (χ3n) is 3.44. The highest BCUT2D eigenvalue weighted by atomic mass is 16.6. The van der Waals surface area contributed by atoms with Gasteiger partial charge in [0.2, 0.25) is 5.91 Å². The summed E-state index contributed by atoms with van der Waals surface area (Å²) in [6.45, 7) is 0.456. The zero-order chi connectivity index (χ0) is 16.4. The number of rotatable bonds is 4. The predicted molar refractivity (Wildman–Crippen MR) is 77.6 cm³/mol. The van der Waals surface area contributed by atoms with Crippen molar-refractivity contribution in [3.8, 4) is 0 Å². The van der Waals surface area contributed by atoms with Gasteiger partial charge in [0.25, 0.3) is 5.91 Å². The first-order valence-corrected chi connectivity index (χ1v) is 6.80. The minimum absolute atomic E-state index is 0.111. The number of carbonyl (C=O) groups is 2. The molecule has 9 nitrogen and oxygen atoms in total. The standard InChI is InChI=1S/C14H12N4O5/c19-13(16-11-3-1-2-6-15-11)9-7-17(8-9)14(20)10-4-5-12(23-10)18(21)22/h1-6,9H,7-8H2,(H,15,16,19). The Hall–Kier alpha value is -3.23. The number of pyridine rings is 1. The number of anilines is 1. The van der Waals surface area contributed by atoms with Gasteiger partial charge in [-0.05, 0) is 18.2 Å². The van der Waals surface area contributed by atoms with E-state index >= 15 is 0 Å². The summed E-state index contributed by atoms with van der Waals surface area (Å²) in [5, 5.41) is 13.2. The first kappa shape index (κ1) is 14.7. The molecule has 9 heteroatoms. The maximum Gasteiger partial charge on any atom is 0.433 e. The number of aromatic nitrogens is 1. The zero-order valence-corrected chi connectivity index (χ0v) is 11.8. The van der Waals surface area contributed by atoms with E-state index in [9.17, 15) is 19.7 Å². The Morgan fingerprint density at radius 2 is 2.09 bits per heavy atom. The Bertz CT molecular complexity index is 752. The Morgan fingerprint density at radius 3 is 2.70 bits per heavy atom. The summed E-state index contributed by atoms with van der Waals surface area (Å²) >= 11 is 0. The van der Waals surface area contributed by atoms with Gasteiger partial charge in [-0.15, -0.1) is 0 Å². The van der Waals surface area contributed by atoms with Crippen molar-refractivity contribution in [1.29, 1.82) is 0 Å². The highest BCUT2D eigenvalue weighted by Crippen LogP contribution is 2.23. The summed E-state index contributed by atoms with van der Waals surface area (Å²) in [7, 11) is 0. The summed E-state index contributed by atoms with van der Waals surface area (Å²) in [6, 6.07) is 7.53. The zero-order valence-electron chi connectivity index (χ0n) is 11.8. The van der Waals surface area contributed by atoms with Gasteiger partial charge >= 0.3 is 5.88 Å². The smallest absolute Gasteiger partial charge is 0.395 e. The molecule has 1 saturated heterocycles. The van der Waals surface area contributed by atoms with Crippen LogP contribution in [0.5, 0.6) is 0 Å². The van der Waals surface area contributed by atoms with Gasteiger partial charge < -0.3 is 14.6 Å². The lowest BCUT2D eigenvalue weighted by atomic mass is 9.99. The maximum atomic E-state index is 12.1. The summed E-state index contributed by atoms with van der Waals surface area (Å²) < 4.78 is 4.85. The number of likely N-dealkylation sites (tertiary alicyclic amines) is 1. The average Bonchev–Trinajstić information content (AvgIpc) is 2.96. The van der Waals surface area contributed by atoms with Crippen molar-refractivity contribution in [3.05, 3.63) is 52.4 Å². The molecule has 0 atom stereocenters. The average molecular weight is 316 g/mol. The summed E-state index contributed by atoms with van der Waals surface area (Å²) in [5.74, 6) is -1.19. The van der Waals surface area contributed by atoms with Gasteiger partial charge in [-0.2, -0.15) is 0 Å². The maximum absolute atomic E-state index is 12.1. The molecule has 1 aliphatic heterocycles. The van der Waals surface area contributed by atoms with Gasteiger partial charge in [0, 0.05) is 19.3 Å². The molecule has 0 bridgehead atoms. The van der Waals surface area contributed by atoms with Crippen LogP contribution in [0.15, 0.2) is 40.9 Å². The number of carbonyl (C=O) groups excluding carboxylic acids is 2. The SMILES string of the molecule is O=C(Nc1ccccn1)C1CN(C(=O)c2ccc([N+](=O)[O-])o2)C1. The van der Waals surface area contributed by atoms with E-state index in [1.807, 2.05) is 0 Å². The van der Waals surface area contributed by atoms with Gasteiger partial charge in [-0.25, -0.2) is 4.98 Å². The molecule has 0 unspecified atom stereocenters. The molecule has 0 aromatic carbocycles. The van der Waals surface area contributed by atoms with Crippen LogP contribution in [0.4, 0.5) is 11.7 Å². The molecular formula is C14H12N4O5. The van der Waals surface area contributed by atoms with Crippen molar-refractivity contribution in [2.45, 2.75) is 0 Å². The van der Waals surface area contributed by atoms with Crippen molar-refractivity contribution in [3.63, 3.8) is 0 Å². The summed E-state index contributed by atoms with van der Waals surface area (Å²) in [6.07, 6.45) is 1.57. The normalized spacial score (nSPS) is 14.2. The number of furan rings is 1. The van der Waals surface area contributed by atoms with Crippen LogP contribution >= 0.6 is 0 Å². The summed E-state index contributed by atoms with van der Waals surface area (Å²) in [4.78, 5) is 39.3. The molecule has 0 radical (unpaired) electrons. The second kappa shape index (κ2) is 5.87. The van der Waals surface area contributed by atoms with E-state index in [4.69, 9.17) is 4.42 Å². The van der Waals surface area contributed by atoms with Crippen LogP contribution in [0, 0.1) is 16.0 Å². The molecular weight excluding hydrogens is 304 g/mol. The fourth-order valence-corrected chi connectivity index (χ4v) is 2.17. The van der Waals surface area contributed by atoms with Crippen LogP contribution in [0.2, 0.25) is 0 Å². The predicted octanol–water partition coefficient (Wildman–Crippen LogP) is 1.29. The lowest BCUT2D eigenvalue weighted by Crippen LogP contribution is -2.54. The Kier molecular flexibility index (Phi) is 3.75. The Labute approximate surface area is 130 Å². The first-order chi connectivity index (χ1) is 11.0. The largest absolute Gasteiger partial charge is 0.433 e. The quantitative estimate of drug-likeness (QED) is 0.670. The van der Waals surface area contributed by atoms with Crippen LogP contribution in [-0.4, -0.2) is 39.7 Å². The van der Waals surface area contributed by atoms with Gasteiger partial charge in [-0.3, -0.25) is 19.7 Å². The molecule has 2 aromatic rings. The molecule has 1 fully saturated rings. The fraction of sp³-hybridized carbons (Fsp3) is 0.214. The van der Waals surface area contributed by atoms with Crippen molar-refractivity contribution < 1.29 is 18.9 Å². The van der Waals surface area contributed by atoms with Gasteiger partial charge in [-0.1, -0.05) is 6.07 Å². The summed E-state index contributed by atoms with van der Waals surface area (Å²) in [5.41, 5.74) is 0. The number of hydrogen-bond acceptors (Lipinski definition) is 6. The van der Waals surface area contributed by atoms with Gasteiger partial charge in [0.1, 0.15) is 10.7 Å². The van der Waals surface area contributed by atoms with E-state index in [0.29, 0.717) is 5.82 Å². The molecule has 1 aliphatic rings. The van der Waals surface area contributed by atoms with Crippen molar-refractivity contribution >= 4 is 23.5 Å². The number of hydrogen-bond donors (Lipinski definition) is 1. The van der Waals surface area contributed by atoms with Crippen LogP contribution < -0.4 is 5.32 Å². The monoisotopic (exact) mass is 316 g/mol. The third kappa shape index (κ3) is 3.03. The van der Waals surface area contributed by atoms with E-state index in [1.54, 1.807) is 24.4 Å². The molecule has 23 heavy (non-hydrogen) atoms. The van der Waals surface area contributed by atoms with Gasteiger partial charge in [0.15, 0.2) is 5.76 Å². The van der Waals surface area contributed by atoms with Crippen LogP contribution in [0.1, 0.15) is 10.6 Å². The van der Waals surface area contributed by atoms with Crippen LogP contribution in [0.25, 0.3) is 0 Å². The van der Waals surface area contributed by atoms with Crippen molar-refractivity contribution in [2.24, 2.45) is 5.92 Å². The molecule has 2 aromatic heterocycles. The van der Waals surface area contributed by atoms with E-state index in [0.717, 1.165) is 6.07 Å². The highest BCUT2D eigenvalue weighted by Gasteiger charge is 2.37. The van der Waals surface area contributed by atoms with Crippen molar-refractivity contribution in [2.75, 3.05) is 18.4 Å². The molecule has 1 N–H and O–H groups in total. The minimum atomic E-state index is -0.712. The lowest BCUT2D eigenvalue weighted by Gasteiger charge is -2.37. The van der Waals surface area contributed by atoms with Gasteiger partial charge in [0.05, 0.1) is 12.0 Å². The second-order valence-electron chi connectivity index (χ2n) is 5.01. The number of amides is 2. The molecule has 3 rings (SSSR count). The second-order valence-corrected chi connectivity index (χ2v) is 5.01. The van der Waals surface area contributed by atoms with E-state index in [1.165, 1.54) is 11.0 Å². The molecule has 118 valence electrons.